The summed E-state index contributed by atoms with van der Waals surface area (Å²) in [5, 5.41) is 3.18. The molecule has 0 unspecified atom stereocenters. The molecule has 0 atom stereocenters. The normalized spacial score (nSPS) is 11.8. The van der Waals surface area contributed by atoms with Gasteiger partial charge >= 0.3 is 11.9 Å². The van der Waals surface area contributed by atoms with Gasteiger partial charge in [-0.05, 0) is 24.6 Å². The van der Waals surface area contributed by atoms with E-state index in [2.05, 4.69) is 30.2 Å². The maximum absolute atomic E-state index is 13.0. The van der Waals surface area contributed by atoms with E-state index in [4.69, 9.17) is 0 Å². The fraction of sp³-hybridized carbons (Fsp3) is 0.208. The predicted molar refractivity (Wildman–Crippen MR) is 128 cm³/mol. The van der Waals surface area contributed by atoms with Crippen LogP contribution in [0.15, 0.2) is 59.8 Å². The van der Waals surface area contributed by atoms with Crippen LogP contribution in [0, 0.1) is 0 Å². The van der Waals surface area contributed by atoms with Gasteiger partial charge in [0, 0.05) is 31.5 Å². The van der Waals surface area contributed by atoms with E-state index < -0.39 is 11.9 Å². The van der Waals surface area contributed by atoms with Crippen molar-refractivity contribution in [3.05, 3.63) is 76.7 Å². The number of aryl methyl sites for hydroxylation is 1. The van der Waals surface area contributed by atoms with Gasteiger partial charge in [0.25, 0.3) is 0 Å². The van der Waals surface area contributed by atoms with Crippen LogP contribution < -0.4 is 11.0 Å². The molecular formula is C24H21F3N8O. The Morgan fingerprint density at radius 2 is 1.86 bits per heavy atom. The van der Waals surface area contributed by atoms with Crippen LogP contribution in [0.5, 0.6) is 0 Å². The van der Waals surface area contributed by atoms with Crippen molar-refractivity contribution < 1.29 is 13.2 Å². The molecule has 0 radical (unpaired) electrons. The molecule has 0 aliphatic rings. The van der Waals surface area contributed by atoms with E-state index in [9.17, 15) is 18.0 Å². The first kappa shape index (κ1) is 23.3. The van der Waals surface area contributed by atoms with Gasteiger partial charge in [-0.2, -0.15) is 13.2 Å². The number of rotatable bonds is 6. The summed E-state index contributed by atoms with van der Waals surface area (Å²) < 4.78 is 41.8. The van der Waals surface area contributed by atoms with Crippen LogP contribution in [-0.2, 0) is 19.8 Å². The molecule has 2 N–H and O–H groups in total. The third-order valence-corrected chi connectivity index (χ3v) is 5.62. The Hall–Kier alpha value is -4.48. The number of fused-ring (bicyclic) bond motifs is 1. The Balaban J connectivity index is 1.47. The first-order valence-corrected chi connectivity index (χ1v) is 11.1. The lowest BCUT2D eigenvalue weighted by Gasteiger charge is -2.09. The number of halogens is 3. The van der Waals surface area contributed by atoms with Gasteiger partial charge in [-0.1, -0.05) is 24.3 Å². The van der Waals surface area contributed by atoms with Gasteiger partial charge in [-0.25, -0.2) is 24.7 Å². The average Bonchev–Trinajstić information content (AvgIpc) is 3.39. The van der Waals surface area contributed by atoms with Crippen molar-refractivity contribution in [1.82, 2.24) is 34.1 Å². The highest BCUT2D eigenvalue weighted by Gasteiger charge is 2.34. The summed E-state index contributed by atoms with van der Waals surface area (Å²) in [7, 11) is 1.51. The molecule has 9 nitrogen and oxygen atoms in total. The smallest absolute Gasteiger partial charge is 0.370 e. The number of aromatic nitrogens is 7. The summed E-state index contributed by atoms with van der Waals surface area (Å²) in [4.78, 5) is 32.5. The lowest BCUT2D eigenvalue weighted by molar-refractivity contribution is -0.140. The number of hydrogen-bond acceptors (Lipinski definition) is 6. The van der Waals surface area contributed by atoms with Gasteiger partial charge in [0.2, 0.25) is 0 Å². The largest absolute Gasteiger partial charge is 0.434 e. The van der Waals surface area contributed by atoms with Crippen molar-refractivity contribution in [2.75, 3.05) is 11.9 Å². The second-order valence-electron chi connectivity index (χ2n) is 8.13. The van der Waals surface area contributed by atoms with Crippen LogP contribution in [0.4, 0.5) is 19.0 Å². The number of pyridine rings is 1. The molecule has 184 valence electrons. The molecule has 0 aliphatic heterocycles. The van der Waals surface area contributed by atoms with Crippen molar-refractivity contribution in [1.29, 1.82) is 0 Å². The number of benzene rings is 1. The van der Waals surface area contributed by atoms with Crippen molar-refractivity contribution in [2.45, 2.75) is 19.6 Å². The molecule has 5 rings (SSSR count). The number of hydrogen-bond donors (Lipinski definition) is 2. The molecular weight excluding hydrogens is 473 g/mol. The maximum Gasteiger partial charge on any atom is 0.434 e. The SMILES string of the molecule is CCNc1ncccc1-c1ncc2[nH]c(=O)n(Cc3ccc(-c4nc(C(F)(F)F)cn4C)cc3)c2n1. The fourth-order valence-electron chi connectivity index (χ4n) is 3.93. The molecule has 5 aromatic rings. The van der Waals surface area contributed by atoms with E-state index in [1.807, 2.05) is 13.0 Å². The molecule has 0 aliphatic carbocycles. The maximum atomic E-state index is 13.0. The second-order valence-corrected chi connectivity index (χ2v) is 8.13. The lowest BCUT2D eigenvalue weighted by Crippen LogP contribution is -2.17. The second kappa shape index (κ2) is 8.95. The molecule has 4 heterocycles. The van der Waals surface area contributed by atoms with Gasteiger partial charge in [0.15, 0.2) is 17.2 Å². The van der Waals surface area contributed by atoms with Gasteiger partial charge in [0.1, 0.15) is 17.2 Å². The van der Waals surface area contributed by atoms with E-state index in [-0.39, 0.29) is 18.1 Å². The van der Waals surface area contributed by atoms with Gasteiger partial charge in [-0.15, -0.1) is 0 Å². The monoisotopic (exact) mass is 494 g/mol. The molecule has 0 saturated carbocycles. The quantitative estimate of drug-likeness (QED) is 0.369. The fourth-order valence-corrected chi connectivity index (χ4v) is 3.93. The lowest BCUT2D eigenvalue weighted by atomic mass is 10.1. The summed E-state index contributed by atoms with van der Waals surface area (Å²) in [6, 6.07) is 10.5. The molecule has 0 saturated heterocycles. The number of H-pyrrole nitrogens is 1. The minimum absolute atomic E-state index is 0.198. The number of anilines is 1. The number of nitrogens with zero attached hydrogens (tertiary/aromatic N) is 6. The van der Waals surface area contributed by atoms with Crippen molar-refractivity contribution in [3.8, 4) is 22.8 Å². The molecule has 1 aromatic carbocycles. The molecule has 0 bridgehead atoms. The van der Waals surface area contributed by atoms with Crippen LogP contribution >= 0.6 is 0 Å². The highest BCUT2D eigenvalue weighted by molar-refractivity contribution is 5.76. The Morgan fingerprint density at radius 3 is 2.56 bits per heavy atom. The van der Waals surface area contributed by atoms with Crippen LogP contribution in [0.25, 0.3) is 33.9 Å². The highest BCUT2D eigenvalue weighted by Crippen LogP contribution is 2.30. The standard InChI is InChI=1S/C24H21F3N8O/c1-3-28-19-16(5-4-10-29-19)20-30-11-17-22(33-20)35(23(36)31-17)12-14-6-8-15(9-7-14)21-32-18(13-34(21)2)24(25,26)27/h4-11,13H,3,12H2,1-2H3,(H,28,29)(H,31,36). The topological polar surface area (TPSA) is 106 Å². The minimum Gasteiger partial charge on any atom is -0.370 e. The number of alkyl halides is 3. The first-order valence-electron chi connectivity index (χ1n) is 11.1. The minimum atomic E-state index is -4.52. The zero-order valence-corrected chi connectivity index (χ0v) is 19.3. The zero-order valence-electron chi connectivity index (χ0n) is 19.3. The Labute approximate surface area is 202 Å². The Kier molecular flexibility index (Phi) is 5.78. The van der Waals surface area contributed by atoms with Gasteiger partial charge in [-0.3, -0.25) is 4.57 Å². The number of aromatic amines is 1. The summed E-state index contributed by atoms with van der Waals surface area (Å²) >= 11 is 0. The molecule has 0 amide bonds. The van der Waals surface area contributed by atoms with Gasteiger partial charge < -0.3 is 14.9 Å². The van der Waals surface area contributed by atoms with Crippen molar-refractivity contribution in [3.63, 3.8) is 0 Å². The molecule has 12 heteroatoms. The summed E-state index contributed by atoms with van der Waals surface area (Å²) in [5.41, 5.74) is 1.62. The van der Waals surface area contributed by atoms with E-state index in [1.54, 1.807) is 42.7 Å². The van der Waals surface area contributed by atoms with E-state index in [0.29, 0.717) is 40.5 Å². The van der Waals surface area contributed by atoms with Gasteiger partial charge in [0.05, 0.1) is 18.3 Å². The van der Waals surface area contributed by atoms with Crippen LogP contribution in [0.3, 0.4) is 0 Å². The zero-order chi connectivity index (χ0) is 25.4. The summed E-state index contributed by atoms with van der Waals surface area (Å²) in [6.45, 7) is 2.84. The molecule has 36 heavy (non-hydrogen) atoms. The summed E-state index contributed by atoms with van der Waals surface area (Å²) in [5.74, 6) is 1.26. The van der Waals surface area contributed by atoms with Crippen LogP contribution in [0.2, 0.25) is 0 Å². The predicted octanol–water partition coefficient (Wildman–Crippen LogP) is 4.08. The summed E-state index contributed by atoms with van der Waals surface area (Å²) in [6.07, 6.45) is -0.336. The third kappa shape index (κ3) is 4.32. The van der Waals surface area contributed by atoms with Crippen molar-refractivity contribution >= 4 is 17.0 Å². The molecule has 0 fully saturated rings. The molecule has 4 aromatic heterocycles. The Bertz CT molecular complexity index is 1600. The van der Waals surface area contributed by atoms with Crippen molar-refractivity contribution in [2.24, 2.45) is 7.05 Å². The van der Waals surface area contributed by atoms with Crippen LogP contribution in [0.1, 0.15) is 18.2 Å². The Morgan fingerprint density at radius 1 is 1.08 bits per heavy atom. The van der Waals surface area contributed by atoms with E-state index >= 15 is 0 Å². The third-order valence-electron chi connectivity index (χ3n) is 5.62. The van der Waals surface area contributed by atoms with E-state index in [0.717, 1.165) is 11.8 Å². The number of nitrogens with one attached hydrogen (secondary N) is 2. The number of imidazole rings is 2. The highest BCUT2D eigenvalue weighted by atomic mass is 19.4. The van der Waals surface area contributed by atoms with Crippen LogP contribution in [-0.4, -0.2) is 40.6 Å². The first-order chi connectivity index (χ1) is 17.2. The van der Waals surface area contributed by atoms with E-state index in [1.165, 1.54) is 16.2 Å². The molecule has 0 spiro atoms. The average molecular weight is 494 g/mol.